The van der Waals surface area contributed by atoms with Crippen LogP contribution < -0.4 is 0 Å². The Morgan fingerprint density at radius 2 is 0.923 bits per heavy atom. The maximum Gasteiger partial charge on any atom is 0.111 e. The van der Waals surface area contributed by atoms with E-state index in [9.17, 15) is 0 Å². The molecule has 0 saturated heterocycles. The molecule has 0 bridgehead atoms. The Morgan fingerprint density at radius 3 is 1.08 bits per heavy atom. The van der Waals surface area contributed by atoms with Crippen molar-refractivity contribution in [2.75, 3.05) is 13.2 Å². The van der Waals surface area contributed by atoms with Crippen LogP contribution in [0.15, 0.2) is 0 Å². The maximum atomic E-state index is 8.96. The summed E-state index contributed by atoms with van der Waals surface area (Å²) in [6.07, 6.45) is -6.39. The van der Waals surface area contributed by atoms with Crippen molar-refractivity contribution in [2.24, 2.45) is 0 Å². The monoisotopic (exact) mass is 262 g/mol. The smallest absolute Gasteiger partial charge is 0.111 e. The summed E-state index contributed by atoms with van der Waals surface area (Å²) in [6, 6.07) is 0. The zero-order chi connectivity index (χ0) is 9.72. The van der Waals surface area contributed by atoms with Crippen LogP contribution in [0.1, 0.15) is 0 Å². The molecule has 80 valence electrons. The van der Waals surface area contributed by atoms with Crippen LogP contribution in [0.3, 0.4) is 0 Å². The van der Waals surface area contributed by atoms with Crippen LogP contribution in [0.4, 0.5) is 0 Å². The van der Waals surface area contributed by atoms with Gasteiger partial charge >= 0.3 is 0 Å². The summed E-state index contributed by atoms with van der Waals surface area (Å²) in [7, 11) is 0. The van der Waals surface area contributed by atoms with Gasteiger partial charge in [0.05, 0.1) is 13.2 Å². The average molecular weight is 261 g/mol. The second-order valence-electron chi connectivity index (χ2n) is 2.48. The van der Waals surface area contributed by atoms with Crippen LogP contribution in [0, 0.1) is 0 Å². The zero-order valence-electron chi connectivity index (χ0n) is 6.82. The quantitative estimate of drug-likeness (QED) is 0.281. The maximum absolute atomic E-state index is 8.96. The van der Waals surface area contributed by atoms with Gasteiger partial charge in [-0.3, -0.25) is 0 Å². The minimum atomic E-state index is -1.67. The molecule has 0 heterocycles. The van der Waals surface area contributed by atoms with Crippen LogP contribution in [-0.4, -0.2) is 85.3 Å². The molecule has 13 heavy (non-hydrogen) atoms. The Balaban J connectivity index is 0. The molecule has 0 aliphatic heterocycles. The molecule has 0 amide bonds. The predicted molar refractivity (Wildman–Crippen MR) is 44.0 cm³/mol. The first kappa shape index (κ1) is 15.7. The fourth-order valence-corrected chi connectivity index (χ4v) is 0.671. The van der Waals surface area contributed by atoms with Crippen molar-refractivity contribution in [2.45, 2.75) is 24.4 Å². The molecule has 0 rings (SSSR count). The van der Waals surface area contributed by atoms with Crippen LogP contribution >= 0.6 is 0 Å². The van der Waals surface area contributed by atoms with Gasteiger partial charge in [-0.25, -0.2) is 0 Å². The molecule has 6 nitrogen and oxygen atoms in total. The van der Waals surface area contributed by atoms with Crippen molar-refractivity contribution < 1.29 is 30.6 Å². The van der Waals surface area contributed by atoms with Crippen molar-refractivity contribution >= 4 is 17.1 Å². The van der Waals surface area contributed by atoms with Crippen LogP contribution in [-0.2, 0) is 0 Å². The molecule has 0 aliphatic carbocycles. The fraction of sp³-hybridized carbons (Fsp3) is 1.00. The molecule has 0 aromatic heterocycles. The number of hydrogen-bond acceptors (Lipinski definition) is 6. The molecule has 0 unspecified atom stereocenters. The van der Waals surface area contributed by atoms with E-state index in [2.05, 4.69) is 0 Å². The van der Waals surface area contributed by atoms with Crippen molar-refractivity contribution in [3.05, 3.63) is 0 Å². The SMILES string of the molecule is OC[C@@H](O)[C@H](O)[C@H](O)[C@H](O)CO.[Se]. The van der Waals surface area contributed by atoms with Crippen LogP contribution in [0.5, 0.6) is 0 Å². The van der Waals surface area contributed by atoms with Gasteiger partial charge in [-0.15, -0.1) is 0 Å². The third-order valence-electron chi connectivity index (χ3n) is 1.51. The van der Waals surface area contributed by atoms with E-state index >= 15 is 0 Å². The third-order valence-corrected chi connectivity index (χ3v) is 1.51. The molecule has 0 fully saturated rings. The summed E-state index contributed by atoms with van der Waals surface area (Å²) in [5, 5.41) is 52.2. The van der Waals surface area contributed by atoms with E-state index in [1.165, 1.54) is 0 Å². The second-order valence-corrected chi connectivity index (χ2v) is 2.48. The normalized spacial score (nSPS) is 19.8. The molecular weight excluding hydrogens is 247 g/mol. The molecular formula is C6H14O6Se. The standard InChI is InChI=1S/C6H14O6.Se/c7-1-3(9)5(11)6(12)4(10)2-8;/h3-12H,1-2H2;/t3-,4-,5-,6+;/m1./s1. The molecule has 0 aromatic rings. The van der Waals surface area contributed by atoms with E-state index in [1.54, 1.807) is 0 Å². The predicted octanol–water partition coefficient (Wildman–Crippen LogP) is -3.97. The second kappa shape index (κ2) is 7.66. The van der Waals surface area contributed by atoms with Gasteiger partial charge in [-0.2, -0.15) is 0 Å². The van der Waals surface area contributed by atoms with Gasteiger partial charge in [0.15, 0.2) is 0 Å². The number of hydrogen-bond donors (Lipinski definition) is 6. The molecule has 0 aliphatic rings. The Hall–Kier alpha value is 0.279. The van der Waals surface area contributed by atoms with Crippen molar-refractivity contribution in [3.8, 4) is 0 Å². The van der Waals surface area contributed by atoms with Gasteiger partial charge in [0.25, 0.3) is 0 Å². The largest absolute Gasteiger partial charge is 0.394 e. The van der Waals surface area contributed by atoms with Gasteiger partial charge in [-0.1, -0.05) is 0 Å². The van der Waals surface area contributed by atoms with Gasteiger partial charge < -0.3 is 30.6 Å². The summed E-state index contributed by atoms with van der Waals surface area (Å²) in [5.41, 5.74) is 0. The van der Waals surface area contributed by atoms with Crippen LogP contribution in [0.25, 0.3) is 0 Å². The number of aliphatic hydroxyl groups excluding tert-OH is 6. The number of aliphatic hydroxyl groups is 6. The van der Waals surface area contributed by atoms with Gasteiger partial charge in [0.1, 0.15) is 24.4 Å². The molecule has 7 heteroatoms. The molecule has 2 radical (unpaired) electrons. The first-order valence-corrected chi connectivity index (χ1v) is 3.48. The first-order valence-electron chi connectivity index (χ1n) is 3.48. The summed E-state index contributed by atoms with van der Waals surface area (Å²) < 4.78 is 0. The van der Waals surface area contributed by atoms with Gasteiger partial charge in [0.2, 0.25) is 0 Å². The van der Waals surface area contributed by atoms with E-state index in [4.69, 9.17) is 30.6 Å². The number of rotatable bonds is 5. The summed E-state index contributed by atoms with van der Waals surface area (Å²) in [5.74, 6) is 0. The molecule has 6 N–H and O–H groups in total. The van der Waals surface area contributed by atoms with E-state index in [0.717, 1.165) is 0 Å². The Labute approximate surface area is 85.9 Å². The minimum Gasteiger partial charge on any atom is -0.394 e. The van der Waals surface area contributed by atoms with E-state index in [-0.39, 0.29) is 17.1 Å². The summed E-state index contributed by atoms with van der Waals surface area (Å²) in [6.45, 7) is -1.45. The summed E-state index contributed by atoms with van der Waals surface area (Å²) in [4.78, 5) is 0. The van der Waals surface area contributed by atoms with Gasteiger partial charge in [0, 0.05) is 17.1 Å². The topological polar surface area (TPSA) is 121 Å². The Kier molecular flexibility index (Phi) is 9.28. The van der Waals surface area contributed by atoms with E-state index in [1.807, 2.05) is 0 Å². The molecule has 0 saturated carbocycles. The molecule has 0 aromatic carbocycles. The summed E-state index contributed by atoms with van der Waals surface area (Å²) >= 11 is 0. The minimum absolute atomic E-state index is 0. The van der Waals surface area contributed by atoms with Crippen molar-refractivity contribution in [1.29, 1.82) is 0 Å². The third kappa shape index (κ3) is 4.90. The molecule has 4 atom stereocenters. The molecule has 0 spiro atoms. The van der Waals surface area contributed by atoms with Gasteiger partial charge in [-0.05, 0) is 0 Å². The van der Waals surface area contributed by atoms with E-state index in [0.29, 0.717) is 0 Å². The van der Waals surface area contributed by atoms with Crippen molar-refractivity contribution in [1.82, 2.24) is 0 Å². The first-order chi connectivity index (χ1) is 5.54. The average Bonchev–Trinajstić information content (AvgIpc) is 2.12. The van der Waals surface area contributed by atoms with Crippen LogP contribution in [0.2, 0.25) is 0 Å². The Morgan fingerprint density at radius 1 is 0.692 bits per heavy atom. The van der Waals surface area contributed by atoms with Crippen molar-refractivity contribution in [3.63, 3.8) is 0 Å². The van der Waals surface area contributed by atoms with E-state index < -0.39 is 37.6 Å². The zero-order valence-corrected chi connectivity index (χ0v) is 8.53. The Bertz CT molecular complexity index is 110. The fourth-order valence-electron chi connectivity index (χ4n) is 0.671.